The van der Waals surface area contributed by atoms with E-state index in [-0.39, 0.29) is 18.6 Å². The molecule has 1 saturated heterocycles. The third-order valence-electron chi connectivity index (χ3n) is 6.05. The molecule has 0 aliphatic carbocycles. The predicted octanol–water partition coefficient (Wildman–Crippen LogP) is 1.14. The first-order chi connectivity index (χ1) is 16.3. The Bertz CT molecular complexity index is 1090. The van der Waals surface area contributed by atoms with Crippen LogP contribution in [-0.2, 0) is 4.74 Å². The molecule has 2 atom stereocenters. The van der Waals surface area contributed by atoms with Gasteiger partial charge in [0.15, 0.2) is 11.9 Å². The lowest BCUT2D eigenvalue weighted by atomic mass is 9.95. The van der Waals surface area contributed by atoms with Gasteiger partial charge in [-0.25, -0.2) is 4.98 Å². The fourth-order valence-corrected chi connectivity index (χ4v) is 3.94. The molecule has 4 rings (SSSR count). The molecule has 2 aliphatic rings. The van der Waals surface area contributed by atoms with E-state index in [2.05, 4.69) is 26.0 Å². The lowest BCUT2D eigenvalue weighted by molar-refractivity contribution is -0.0257. The van der Waals surface area contributed by atoms with Gasteiger partial charge in [0.05, 0.1) is 24.5 Å². The van der Waals surface area contributed by atoms with E-state index in [4.69, 9.17) is 4.74 Å². The number of aliphatic hydroxyl groups is 2. The van der Waals surface area contributed by atoms with Crippen molar-refractivity contribution in [3.05, 3.63) is 41.9 Å². The van der Waals surface area contributed by atoms with Crippen LogP contribution in [0.5, 0.6) is 0 Å². The normalized spacial score (nSPS) is 20.9. The van der Waals surface area contributed by atoms with Crippen LogP contribution in [0.1, 0.15) is 37.0 Å². The number of ether oxygens (including phenoxy) is 1. The zero-order chi connectivity index (χ0) is 24.3. The molecule has 1 amide bonds. The van der Waals surface area contributed by atoms with Crippen molar-refractivity contribution in [3.63, 3.8) is 0 Å². The van der Waals surface area contributed by atoms with Gasteiger partial charge in [0, 0.05) is 44.5 Å². The van der Waals surface area contributed by atoms with Gasteiger partial charge in [0.2, 0.25) is 0 Å². The quantitative estimate of drug-likeness (QED) is 0.384. The monoisotopic (exact) mass is 471 g/mol. The van der Waals surface area contributed by atoms with Crippen LogP contribution in [0, 0.1) is 5.41 Å². The van der Waals surface area contributed by atoms with Gasteiger partial charge in [-0.05, 0) is 25.0 Å². The van der Waals surface area contributed by atoms with Gasteiger partial charge in [-0.1, -0.05) is 13.8 Å². The summed E-state index contributed by atoms with van der Waals surface area (Å²) < 4.78 is 7.13. The minimum Gasteiger partial charge on any atom is -0.396 e. The van der Waals surface area contributed by atoms with Gasteiger partial charge in [0.1, 0.15) is 17.2 Å². The number of amides is 1. The molecule has 1 unspecified atom stereocenters. The van der Waals surface area contributed by atoms with Crippen LogP contribution in [0.4, 0.5) is 11.6 Å². The van der Waals surface area contributed by atoms with Crippen molar-refractivity contribution < 1.29 is 19.7 Å². The van der Waals surface area contributed by atoms with Crippen LogP contribution in [0.15, 0.2) is 36.3 Å². The minimum absolute atomic E-state index is 0.0475. The maximum absolute atomic E-state index is 12.8. The number of nitrogens with zero attached hydrogens (tertiary/aromatic N) is 4. The van der Waals surface area contributed by atoms with Crippen molar-refractivity contribution >= 4 is 23.2 Å². The Hall–Kier alpha value is -3.15. The average molecular weight is 472 g/mol. The Labute approximate surface area is 198 Å². The molecule has 0 radical (unpaired) electrons. The average Bonchev–Trinajstić information content (AvgIpc) is 3.28. The lowest BCUT2D eigenvalue weighted by Crippen LogP contribution is -2.46. The molecule has 0 spiro atoms. The van der Waals surface area contributed by atoms with E-state index in [0.717, 1.165) is 19.4 Å². The molecule has 11 nitrogen and oxygen atoms in total. The molecule has 2 aromatic heterocycles. The van der Waals surface area contributed by atoms with Gasteiger partial charge in [-0.15, -0.1) is 0 Å². The molecule has 0 bridgehead atoms. The Balaban J connectivity index is 1.57. The van der Waals surface area contributed by atoms with Crippen molar-refractivity contribution in [1.29, 1.82) is 0 Å². The van der Waals surface area contributed by atoms with E-state index < -0.39 is 11.6 Å². The molecule has 2 aromatic rings. The van der Waals surface area contributed by atoms with Crippen molar-refractivity contribution in [2.75, 3.05) is 44.0 Å². The molecule has 11 heteroatoms. The minimum atomic E-state index is -0.874. The number of hydrogen-bond donors (Lipinski definition) is 5. The first-order valence-electron chi connectivity index (χ1n) is 11.5. The molecule has 0 saturated carbocycles. The SMILES string of the molecule is CNc1cc(NC2=CC=CN([C@@H]3CCCOC3)C2O)nc2c(C(=O)NCC(C)(C)CO)cnn12. The number of hydrogen-bond acceptors (Lipinski definition) is 9. The smallest absolute Gasteiger partial charge is 0.256 e. The van der Waals surface area contributed by atoms with Crippen LogP contribution in [0.3, 0.4) is 0 Å². The lowest BCUT2D eigenvalue weighted by Gasteiger charge is -2.39. The number of nitrogens with one attached hydrogen (secondary N) is 3. The van der Waals surface area contributed by atoms with Crippen LogP contribution in [0.25, 0.3) is 5.65 Å². The van der Waals surface area contributed by atoms with Crippen molar-refractivity contribution in [3.8, 4) is 0 Å². The fraction of sp³-hybridized carbons (Fsp3) is 0.522. The highest BCUT2D eigenvalue weighted by Gasteiger charge is 2.29. The van der Waals surface area contributed by atoms with Crippen LogP contribution < -0.4 is 16.0 Å². The Kier molecular flexibility index (Phi) is 7.05. The summed E-state index contributed by atoms with van der Waals surface area (Å²) in [6.45, 7) is 5.31. The topological polar surface area (TPSA) is 136 Å². The molecule has 5 N–H and O–H groups in total. The second kappa shape index (κ2) is 10.00. The van der Waals surface area contributed by atoms with Gasteiger partial charge < -0.3 is 35.8 Å². The summed E-state index contributed by atoms with van der Waals surface area (Å²) in [6, 6.07) is 1.86. The van der Waals surface area contributed by atoms with E-state index in [1.807, 2.05) is 31.0 Å². The van der Waals surface area contributed by atoms with Gasteiger partial charge in [-0.2, -0.15) is 9.61 Å². The summed E-state index contributed by atoms with van der Waals surface area (Å²) in [5, 5.41) is 33.9. The highest BCUT2D eigenvalue weighted by Crippen LogP contribution is 2.25. The van der Waals surface area contributed by atoms with Gasteiger partial charge in [0.25, 0.3) is 5.91 Å². The number of aliphatic hydroxyl groups excluding tert-OH is 2. The van der Waals surface area contributed by atoms with E-state index in [1.54, 1.807) is 23.7 Å². The maximum Gasteiger partial charge on any atom is 0.256 e. The van der Waals surface area contributed by atoms with E-state index in [9.17, 15) is 15.0 Å². The standard InChI is InChI=1S/C23H33N7O4/c1-23(2,14-31)13-25-21(32)16-11-26-30-19(24-3)10-18(28-20(16)30)27-17-7-4-8-29(22(17)33)15-6-5-9-34-12-15/h4,7-8,10-11,15,22,24,31,33H,5-6,9,12-14H2,1-3H3,(H,25,32)(H,27,28)/t15-,22?/m1/s1. The molecular weight excluding hydrogens is 438 g/mol. The highest BCUT2D eigenvalue weighted by molar-refractivity contribution is 6.00. The Morgan fingerprint density at radius 2 is 2.21 bits per heavy atom. The summed E-state index contributed by atoms with van der Waals surface area (Å²) in [5.74, 6) is 0.760. The number of aromatic nitrogens is 3. The van der Waals surface area contributed by atoms with Crippen molar-refractivity contribution in [2.24, 2.45) is 5.41 Å². The molecule has 2 aliphatic heterocycles. The van der Waals surface area contributed by atoms with E-state index in [1.165, 1.54) is 6.20 Å². The van der Waals surface area contributed by atoms with Crippen LogP contribution in [-0.4, -0.2) is 81.3 Å². The number of fused-ring (bicyclic) bond motifs is 1. The van der Waals surface area contributed by atoms with Crippen LogP contribution >= 0.6 is 0 Å². The number of carbonyl (C=O) groups is 1. The van der Waals surface area contributed by atoms with Crippen molar-refractivity contribution in [1.82, 2.24) is 24.8 Å². The highest BCUT2D eigenvalue weighted by atomic mass is 16.5. The Morgan fingerprint density at radius 3 is 2.91 bits per heavy atom. The zero-order valence-corrected chi connectivity index (χ0v) is 19.8. The Morgan fingerprint density at radius 1 is 1.38 bits per heavy atom. The summed E-state index contributed by atoms with van der Waals surface area (Å²) in [4.78, 5) is 19.4. The number of carbonyl (C=O) groups excluding carboxylic acids is 1. The number of rotatable bonds is 8. The van der Waals surface area contributed by atoms with Gasteiger partial charge >= 0.3 is 0 Å². The van der Waals surface area contributed by atoms with E-state index in [0.29, 0.717) is 41.7 Å². The first kappa shape index (κ1) is 24.0. The number of allylic oxidation sites excluding steroid dienone is 2. The zero-order valence-electron chi connectivity index (χ0n) is 19.8. The molecule has 34 heavy (non-hydrogen) atoms. The summed E-state index contributed by atoms with van der Waals surface area (Å²) in [5.41, 5.74) is 0.809. The third kappa shape index (κ3) is 5.01. The molecule has 1 fully saturated rings. The van der Waals surface area contributed by atoms with Crippen molar-refractivity contribution in [2.45, 2.75) is 39.0 Å². The van der Waals surface area contributed by atoms with Gasteiger partial charge in [-0.3, -0.25) is 4.79 Å². The second-order valence-electron chi connectivity index (χ2n) is 9.36. The molecule has 184 valence electrons. The third-order valence-corrected chi connectivity index (χ3v) is 6.05. The summed E-state index contributed by atoms with van der Waals surface area (Å²) in [6.07, 6.45) is 8.05. The number of anilines is 2. The first-order valence-corrected chi connectivity index (χ1v) is 11.5. The predicted molar refractivity (Wildman–Crippen MR) is 128 cm³/mol. The maximum atomic E-state index is 12.8. The van der Waals surface area contributed by atoms with E-state index >= 15 is 0 Å². The largest absolute Gasteiger partial charge is 0.396 e. The molecule has 0 aromatic carbocycles. The summed E-state index contributed by atoms with van der Waals surface area (Å²) in [7, 11) is 1.76. The summed E-state index contributed by atoms with van der Waals surface area (Å²) >= 11 is 0. The molecule has 4 heterocycles. The fourth-order valence-electron chi connectivity index (χ4n) is 3.94. The second-order valence-corrected chi connectivity index (χ2v) is 9.36. The van der Waals surface area contributed by atoms with Crippen LogP contribution in [0.2, 0.25) is 0 Å². The molecular formula is C23H33N7O4.